The van der Waals surface area contributed by atoms with Crippen LogP contribution in [0.3, 0.4) is 0 Å². The molecule has 2 atom stereocenters. The first-order valence-corrected chi connectivity index (χ1v) is 6.70. The molecule has 4 nitrogen and oxygen atoms in total. The van der Waals surface area contributed by atoms with E-state index in [9.17, 15) is 4.79 Å². The van der Waals surface area contributed by atoms with Gasteiger partial charge in [-0.05, 0) is 31.1 Å². The smallest absolute Gasteiger partial charge is 0.271 e. The zero-order valence-electron chi connectivity index (χ0n) is 10.7. The minimum atomic E-state index is -0.162. The molecular formula is C13H18ClN3O. The largest absolute Gasteiger partial charge is 0.348 e. The fraction of sp³-hybridized carbons (Fsp3) is 0.615. The summed E-state index contributed by atoms with van der Waals surface area (Å²) in [6.45, 7) is 4.47. The average Bonchev–Trinajstić information content (AvgIpc) is 2.28. The molecule has 5 heteroatoms. The van der Waals surface area contributed by atoms with Crippen LogP contribution in [0.2, 0.25) is 5.15 Å². The summed E-state index contributed by atoms with van der Waals surface area (Å²) >= 11 is 5.64. The first-order chi connectivity index (χ1) is 8.54. The molecule has 1 aromatic heterocycles. The van der Waals surface area contributed by atoms with Crippen molar-refractivity contribution in [3.8, 4) is 0 Å². The topological polar surface area (TPSA) is 54.9 Å². The second kappa shape index (κ2) is 5.65. The normalized spacial score (nSPS) is 27.8. The maximum atomic E-state index is 12.0. The Labute approximate surface area is 112 Å². The predicted octanol–water partition coefficient (Wildman–Crippen LogP) is 2.68. The Kier molecular flexibility index (Phi) is 4.17. The molecule has 2 unspecified atom stereocenters. The summed E-state index contributed by atoms with van der Waals surface area (Å²) in [5, 5.41) is 3.33. The third-order valence-electron chi connectivity index (χ3n) is 3.37. The fourth-order valence-corrected chi connectivity index (χ4v) is 2.85. The van der Waals surface area contributed by atoms with E-state index < -0.39 is 0 Å². The monoisotopic (exact) mass is 267 g/mol. The van der Waals surface area contributed by atoms with Gasteiger partial charge >= 0.3 is 0 Å². The Morgan fingerprint density at radius 2 is 1.89 bits per heavy atom. The first-order valence-electron chi connectivity index (χ1n) is 6.33. The molecule has 1 heterocycles. The highest BCUT2D eigenvalue weighted by Crippen LogP contribution is 2.28. The molecular weight excluding hydrogens is 250 g/mol. The van der Waals surface area contributed by atoms with Crippen molar-refractivity contribution in [3.05, 3.63) is 23.2 Å². The minimum absolute atomic E-state index is 0.162. The van der Waals surface area contributed by atoms with Crippen molar-refractivity contribution >= 4 is 17.5 Å². The summed E-state index contributed by atoms with van der Waals surface area (Å²) in [4.78, 5) is 19.8. The van der Waals surface area contributed by atoms with E-state index in [0.29, 0.717) is 22.7 Å². The number of halogens is 1. The summed E-state index contributed by atoms with van der Waals surface area (Å²) in [5.41, 5.74) is 0.324. The van der Waals surface area contributed by atoms with E-state index in [4.69, 9.17) is 11.6 Å². The highest BCUT2D eigenvalue weighted by molar-refractivity contribution is 6.29. The molecule has 1 amide bonds. The average molecular weight is 268 g/mol. The summed E-state index contributed by atoms with van der Waals surface area (Å²) in [7, 11) is 0. The Bertz CT molecular complexity index is 411. The molecule has 1 aromatic rings. The first kappa shape index (κ1) is 13.3. The number of nitrogens with zero attached hydrogens (tertiary/aromatic N) is 2. The van der Waals surface area contributed by atoms with Crippen LogP contribution in [-0.2, 0) is 0 Å². The van der Waals surface area contributed by atoms with E-state index in [-0.39, 0.29) is 11.9 Å². The van der Waals surface area contributed by atoms with Crippen LogP contribution in [-0.4, -0.2) is 21.9 Å². The van der Waals surface area contributed by atoms with Gasteiger partial charge < -0.3 is 5.32 Å². The van der Waals surface area contributed by atoms with Crippen molar-refractivity contribution in [2.75, 3.05) is 0 Å². The molecule has 0 aromatic carbocycles. The van der Waals surface area contributed by atoms with E-state index >= 15 is 0 Å². The van der Waals surface area contributed by atoms with Crippen molar-refractivity contribution in [1.29, 1.82) is 0 Å². The van der Waals surface area contributed by atoms with Gasteiger partial charge in [0.2, 0.25) is 0 Å². The molecule has 18 heavy (non-hydrogen) atoms. The van der Waals surface area contributed by atoms with Crippen LogP contribution in [0.5, 0.6) is 0 Å². The second-order valence-electron chi connectivity index (χ2n) is 5.31. The summed E-state index contributed by atoms with van der Waals surface area (Å²) in [6.07, 6.45) is 6.12. The van der Waals surface area contributed by atoms with Gasteiger partial charge in [0.25, 0.3) is 5.91 Å². The Hall–Kier alpha value is -1.16. The van der Waals surface area contributed by atoms with Crippen LogP contribution in [0.1, 0.15) is 43.6 Å². The van der Waals surface area contributed by atoms with E-state index in [0.717, 1.165) is 12.8 Å². The molecule has 1 aliphatic carbocycles. The van der Waals surface area contributed by atoms with Gasteiger partial charge in [0.05, 0.1) is 12.4 Å². The lowest BCUT2D eigenvalue weighted by Gasteiger charge is -2.31. The van der Waals surface area contributed by atoms with Crippen molar-refractivity contribution in [1.82, 2.24) is 15.3 Å². The standard InChI is InChI=1S/C13H18ClN3O/c1-8-3-9(2)5-10(4-8)17-13(18)11-6-16-12(14)7-15-11/h6-10H,3-5H2,1-2H3,(H,17,18). The lowest BCUT2D eigenvalue weighted by molar-refractivity contribution is 0.0905. The number of hydrogen-bond acceptors (Lipinski definition) is 3. The summed E-state index contributed by atoms with van der Waals surface area (Å²) in [6, 6.07) is 0.244. The van der Waals surface area contributed by atoms with Crippen LogP contribution in [0.4, 0.5) is 0 Å². The summed E-state index contributed by atoms with van der Waals surface area (Å²) < 4.78 is 0. The van der Waals surface area contributed by atoms with Crippen molar-refractivity contribution in [3.63, 3.8) is 0 Å². The lowest BCUT2D eigenvalue weighted by Crippen LogP contribution is -2.40. The van der Waals surface area contributed by atoms with Crippen LogP contribution in [0.25, 0.3) is 0 Å². The van der Waals surface area contributed by atoms with Gasteiger partial charge in [-0.15, -0.1) is 0 Å². The number of carbonyl (C=O) groups is 1. The molecule has 0 bridgehead atoms. The van der Waals surface area contributed by atoms with Crippen LogP contribution < -0.4 is 5.32 Å². The van der Waals surface area contributed by atoms with E-state index in [1.807, 2.05) is 0 Å². The van der Waals surface area contributed by atoms with E-state index in [1.54, 1.807) is 0 Å². The Balaban J connectivity index is 1.96. The number of amides is 1. The quantitative estimate of drug-likeness (QED) is 0.896. The number of aromatic nitrogens is 2. The van der Waals surface area contributed by atoms with Gasteiger partial charge in [0.1, 0.15) is 10.8 Å². The molecule has 1 saturated carbocycles. The summed E-state index contributed by atoms with van der Waals surface area (Å²) in [5.74, 6) is 1.16. The van der Waals surface area contributed by atoms with Gasteiger partial charge in [-0.2, -0.15) is 0 Å². The SMILES string of the molecule is CC1CC(C)CC(NC(=O)c2cnc(Cl)cn2)C1. The van der Waals surface area contributed by atoms with Gasteiger partial charge in [-0.3, -0.25) is 4.79 Å². The van der Waals surface area contributed by atoms with Crippen LogP contribution >= 0.6 is 11.6 Å². The predicted molar refractivity (Wildman–Crippen MR) is 70.5 cm³/mol. The highest BCUT2D eigenvalue weighted by Gasteiger charge is 2.25. The van der Waals surface area contributed by atoms with E-state index in [2.05, 4.69) is 29.1 Å². The number of hydrogen-bond donors (Lipinski definition) is 1. The van der Waals surface area contributed by atoms with Gasteiger partial charge in [-0.1, -0.05) is 25.4 Å². The lowest BCUT2D eigenvalue weighted by atomic mass is 9.80. The van der Waals surface area contributed by atoms with Gasteiger partial charge in [0, 0.05) is 6.04 Å². The maximum absolute atomic E-state index is 12.0. The molecule has 0 spiro atoms. The number of carbonyl (C=O) groups excluding carboxylic acids is 1. The molecule has 1 fully saturated rings. The fourth-order valence-electron chi connectivity index (χ4n) is 2.75. The van der Waals surface area contributed by atoms with E-state index in [1.165, 1.54) is 18.8 Å². The van der Waals surface area contributed by atoms with Gasteiger partial charge in [-0.25, -0.2) is 9.97 Å². The third kappa shape index (κ3) is 3.42. The van der Waals surface area contributed by atoms with Crippen molar-refractivity contribution in [2.45, 2.75) is 39.2 Å². The van der Waals surface area contributed by atoms with Crippen molar-refractivity contribution < 1.29 is 4.79 Å². The van der Waals surface area contributed by atoms with Crippen LogP contribution in [0, 0.1) is 11.8 Å². The maximum Gasteiger partial charge on any atom is 0.271 e. The minimum Gasteiger partial charge on any atom is -0.348 e. The molecule has 98 valence electrons. The van der Waals surface area contributed by atoms with Crippen molar-refractivity contribution in [2.24, 2.45) is 11.8 Å². The molecule has 1 N–H and O–H groups in total. The highest BCUT2D eigenvalue weighted by atomic mass is 35.5. The number of nitrogens with one attached hydrogen (secondary N) is 1. The second-order valence-corrected chi connectivity index (χ2v) is 5.70. The molecule has 0 radical (unpaired) electrons. The molecule has 1 aliphatic rings. The Morgan fingerprint density at radius 1 is 1.22 bits per heavy atom. The number of rotatable bonds is 2. The zero-order chi connectivity index (χ0) is 13.1. The zero-order valence-corrected chi connectivity index (χ0v) is 11.4. The third-order valence-corrected chi connectivity index (χ3v) is 3.56. The molecule has 0 aliphatic heterocycles. The molecule has 2 rings (SSSR count). The Morgan fingerprint density at radius 3 is 2.44 bits per heavy atom. The van der Waals surface area contributed by atoms with Gasteiger partial charge in [0.15, 0.2) is 0 Å². The van der Waals surface area contributed by atoms with Crippen LogP contribution in [0.15, 0.2) is 12.4 Å². The molecule has 0 saturated heterocycles.